The van der Waals surface area contributed by atoms with E-state index in [1.807, 2.05) is 6.07 Å². The molecule has 1 rings (SSSR count). The first-order valence-electron chi connectivity index (χ1n) is 5.21. The summed E-state index contributed by atoms with van der Waals surface area (Å²) < 4.78 is 25.8. The van der Waals surface area contributed by atoms with E-state index < -0.39 is 16.0 Å². The first-order valence-corrected chi connectivity index (χ1v) is 7.62. The topological polar surface area (TPSA) is 74.7 Å². The van der Waals surface area contributed by atoms with E-state index in [1.54, 1.807) is 18.2 Å². The molecule has 0 bridgehead atoms. The van der Waals surface area contributed by atoms with Gasteiger partial charge in [0.1, 0.15) is 0 Å². The molecule has 1 aromatic carbocycles. The monoisotopic (exact) mass is 335 g/mol. The van der Waals surface area contributed by atoms with E-state index in [0.717, 1.165) is 8.78 Å². The summed E-state index contributed by atoms with van der Waals surface area (Å²) in [5, 5.41) is 8.53. The summed E-state index contributed by atoms with van der Waals surface area (Å²) >= 11 is 3.27. The number of carboxylic acid groups (broad SMARTS) is 1. The molecule has 0 spiro atoms. The lowest BCUT2D eigenvalue weighted by Gasteiger charge is -2.16. The van der Waals surface area contributed by atoms with Crippen LogP contribution in [0.3, 0.4) is 0 Å². The molecular weight excluding hydrogens is 322 g/mol. The predicted octanol–water partition coefficient (Wildman–Crippen LogP) is 1.69. The van der Waals surface area contributed by atoms with Gasteiger partial charge in [0.05, 0.1) is 12.2 Å². The highest BCUT2D eigenvalue weighted by molar-refractivity contribution is 9.10. The fourth-order valence-corrected chi connectivity index (χ4v) is 2.98. The first-order chi connectivity index (χ1) is 8.31. The SMILES string of the molecule is CN(CCC(=O)O)S(=O)(=O)Cc1cccc(Br)c1. The van der Waals surface area contributed by atoms with Gasteiger partial charge >= 0.3 is 5.97 Å². The predicted molar refractivity (Wildman–Crippen MR) is 71.6 cm³/mol. The van der Waals surface area contributed by atoms with Gasteiger partial charge in [0.2, 0.25) is 10.0 Å². The Morgan fingerprint density at radius 3 is 2.67 bits per heavy atom. The van der Waals surface area contributed by atoms with Gasteiger partial charge in [-0.1, -0.05) is 28.1 Å². The second-order valence-corrected chi connectivity index (χ2v) is 6.84. The van der Waals surface area contributed by atoms with E-state index in [9.17, 15) is 13.2 Å². The van der Waals surface area contributed by atoms with Gasteiger partial charge in [-0.2, -0.15) is 0 Å². The lowest BCUT2D eigenvalue weighted by molar-refractivity contribution is -0.137. The molecule has 0 amide bonds. The quantitative estimate of drug-likeness (QED) is 0.858. The van der Waals surface area contributed by atoms with Crippen LogP contribution < -0.4 is 0 Å². The Hall–Kier alpha value is -0.920. The molecule has 0 saturated carbocycles. The molecule has 0 atom stereocenters. The Labute approximate surface area is 115 Å². The maximum atomic E-state index is 11.9. The molecular formula is C11H14BrNO4S. The Balaban J connectivity index is 2.72. The number of aliphatic carboxylic acids is 1. The largest absolute Gasteiger partial charge is 0.481 e. The van der Waals surface area contributed by atoms with Gasteiger partial charge in [-0.15, -0.1) is 0 Å². The van der Waals surface area contributed by atoms with Crippen molar-refractivity contribution in [1.29, 1.82) is 0 Å². The number of benzene rings is 1. The molecule has 0 fully saturated rings. The van der Waals surface area contributed by atoms with Crippen LogP contribution in [0.4, 0.5) is 0 Å². The molecule has 0 heterocycles. The van der Waals surface area contributed by atoms with E-state index in [0.29, 0.717) is 5.56 Å². The summed E-state index contributed by atoms with van der Waals surface area (Å²) in [5.74, 6) is -1.15. The Morgan fingerprint density at radius 2 is 2.11 bits per heavy atom. The Kier molecular flexibility index (Phi) is 5.30. The maximum absolute atomic E-state index is 11.9. The second-order valence-electron chi connectivity index (χ2n) is 3.85. The Morgan fingerprint density at radius 1 is 1.44 bits per heavy atom. The van der Waals surface area contributed by atoms with Gasteiger partial charge in [-0.3, -0.25) is 4.79 Å². The number of nitrogens with zero attached hydrogens (tertiary/aromatic N) is 1. The van der Waals surface area contributed by atoms with Crippen LogP contribution in [0, 0.1) is 0 Å². The molecule has 7 heteroatoms. The minimum atomic E-state index is -3.48. The molecule has 0 aliphatic rings. The lowest BCUT2D eigenvalue weighted by Crippen LogP contribution is -2.30. The van der Waals surface area contributed by atoms with E-state index in [2.05, 4.69) is 15.9 Å². The fourth-order valence-electron chi connectivity index (χ4n) is 1.34. The molecule has 0 saturated heterocycles. The van der Waals surface area contributed by atoms with Gasteiger partial charge in [0, 0.05) is 18.1 Å². The van der Waals surface area contributed by atoms with Crippen LogP contribution in [-0.4, -0.2) is 37.4 Å². The highest BCUT2D eigenvalue weighted by Gasteiger charge is 2.19. The van der Waals surface area contributed by atoms with Crippen LogP contribution in [0.5, 0.6) is 0 Å². The van der Waals surface area contributed by atoms with Crippen molar-refractivity contribution < 1.29 is 18.3 Å². The van der Waals surface area contributed by atoms with Crippen molar-refractivity contribution in [2.24, 2.45) is 0 Å². The summed E-state index contributed by atoms with van der Waals surface area (Å²) in [5.41, 5.74) is 0.659. The minimum Gasteiger partial charge on any atom is -0.481 e. The molecule has 18 heavy (non-hydrogen) atoms. The number of halogens is 1. The van der Waals surface area contributed by atoms with Crippen LogP contribution in [0.25, 0.3) is 0 Å². The van der Waals surface area contributed by atoms with Crippen LogP contribution in [0.2, 0.25) is 0 Å². The zero-order valence-corrected chi connectivity index (χ0v) is 12.2. The number of hydrogen-bond donors (Lipinski definition) is 1. The van der Waals surface area contributed by atoms with Crippen LogP contribution in [0.15, 0.2) is 28.7 Å². The summed E-state index contributed by atoms with van der Waals surface area (Å²) in [6, 6.07) is 7.01. The van der Waals surface area contributed by atoms with E-state index in [1.165, 1.54) is 7.05 Å². The standard InChI is InChI=1S/C11H14BrNO4S/c1-13(6-5-11(14)15)18(16,17)8-9-3-2-4-10(12)7-9/h2-4,7H,5-6,8H2,1H3,(H,14,15). The van der Waals surface area contributed by atoms with E-state index in [4.69, 9.17) is 5.11 Å². The van der Waals surface area contributed by atoms with Crippen LogP contribution >= 0.6 is 15.9 Å². The Bertz CT molecular complexity index is 530. The summed E-state index contributed by atoms with van der Waals surface area (Å²) in [7, 11) is -2.09. The fraction of sp³-hybridized carbons (Fsp3) is 0.364. The van der Waals surface area contributed by atoms with Gasteiger partial charge in [-0.25, -0.2) is 12.7 Å². The third kappa shape index (κ3) is 4.75. The molecule has 0 aliphatic heterocycles. The zero-order valence-electron chi connectivity index (χ0n) is 9.84. The second kappa shape index (κ2) is 6.31. The highest BCUT2D eigenvalue weighted by atomic mass is 79.9. The van der Waals surface area contributed by atoms with Crippen molar-refractivity contribution in [3.8, 4) is 0 Å². The van der Waals surface area contributed by atoms with E-state index in [-0.39, 0.29) is 18.7 Å². The van der Waals surface area contributed by atoms with Crippen LogP contribution in [0.1, 0.15) is 12.0 Å². The molecule has 1 aromatic rings. The molecule has 0 unspecified atom stereocenters. The third-order valence-corrected chi connectivity index (χ3v) is 4.68. The van der Waals surface area contributed by atoms with Crippen molar-refractivity contribution in [3.63, 3.8) is 0 Å². The molecule has 100 valence electrons. The van der Waals surface area contributed by atoms with Gasteiger partial charge in [-0.05, 0) is 17.7 Å². The summed E-state index contributed by atoms with van der Waals surface area (Å²) in [6.45, 7) is -0.0222. The molecule has 0 aromatic heterocycles. The number of hydrogen-bond acceptors (Lipinski definition) is 3. The molecule has 0 aliphatic carbocycles. The van der Waals surface area contributed by atoms with Gasteiger partial charge in [0.15, 0.2) is 0 Å². The number of carbonyl (C=O) groups is 1. The average molecular weight is 336 g/mol. The first kappa shape index (κ1) is 15.1. The number of sulfonamides is 1. The van der Waals surface area contributed by atoms with E-state index >= 15 is 0 Å². The molecule has 0 radical (unpaired) electrons. The normalized spacial score (nSPS) is 11.7. The van der Waals surface area contributed by atoms with Crippen molar-refractivity contribution in [1.82, 2.24) is 4.31 Å². The summed E-state index contributed by atoms with van der Waals surface area (Å²) in [6.07, 6.45) is -0.200. The lowest BCUT2D eigenvalue weighted by atomic mass is 10.2. The zero-order chi connectivity index (χ0) is 13.8. The van der Waals surface area contributed by atoms with Crippen molar-refractivity contribution in [2.75, 3.05) is 13.6 Å². The number of rotatable bonds is 6. The smallest absolute Gasteiger partial charge is 0.304 e. The third-order valence-electron chi connectivity index (χ3n) is 2.35. The van der Waals surface area contributed by atoms with Gasteiger partial charge in [0.25, 0.3) is 0 Å². The van der Waals surface area contributed by atoms with Crippen molar-refractivity contribution >= 4 is 31.9 Å². The van der Waals surface area contributed by atoms with Gasteiger partial charge < -0.3 is 5.11 Å². The maximum Gasteiger partial charge on any atom is 0.304 e. The highest BCUT2D eigenvalue weighted by Crippen LogP contribution is 2.15. The molecule has 1 N–H and O–H groups in total. The summed E-state index contributed by atoms with van der Waals surface area (Å²) in [4.78, 5) is 10.4. The van der Waals surface area contributed by atoms with Crippen molar-refractivity contribution in [3.05, 3.63) is 34.3 Å². The van der Waals surface area contributed by atoms with Crippen LogP contribution in [-0.2, 0) is 20.6 Å². The molecule has 5 nitrogen and oxygen atoms in total. The number of carboxylic acids is 1. The minimum absolute atomic E-state index is 0.0222. The van der Waals surface area contributed by atoms with Crippen molar-refractivity contribution in [2.45, 2.75) is 12.2 Å². The average Bonchev–Trinajstić information content (AvgIpc) is 2.25.